The summed E-state index contributed by atoms with van der Waals surface area (Å²) < 4.78 is 0. The Morgan fingerprint density at radius 2 is 1.67 bits per heavy atom. The van der Waals surface area contributed by atoms with Crippen LogP contribution in [0.4, 0.5) is 0 Å². The molecule has 0 saturated heterocycles. The van der Waals surface area contributed by atoms with Gasteiger partial charge in [0.25, 0.3) is 0 Å². The number of nitrogens with zero attached hydrogens (tertiary/aromatic N) is 1. The second-order valence-electron chi connectivity index (χ2n) is 4.68. The Bertz CT molecular complexity index is 149. The van der Waals surface area contributed by atoms with Gasteiger partial charge in [-0.1, -0.05) is 38.3 Å². The van der Waals surface area contributed by atoms with Crippen molar-refractivity contribution in [1.82, 2.24) is 4.90 Å². The van der Waals surface area contributed by atoms with E-state index in [1.54, 1.807) is 0 Å². The molecule has 0 radical (unpaired) electrons. The highest BCUT2D eigenvalue weighted by molar-refractivity contribution is 4.82. The van der Waals surface area contributed by atoms with Crippen LogP contribution in [0.1, 0.15) is 59.3 Å². The van der Waals surface area contributed by atoms with E-state index in [1.807, 2.05) is 0 Å². The zero-order valence-corrected chi connectivity index (χ0v) is 11.1. The summed E-state index contributed by atoms with van der Waals surface area (Å²) in [6.45, 7) is 7.93. The van der Waals surface area contributed by atoms with Gasteiger partial charge in [0.2, 0.25) is 0 Å². The predicted molar refractivity (Wildman–Crippen MR) is 70.3 cm³/mol. The van der Waals surface area contributed by atoms with Gasteiger partial charge in [0.1, 0.15) is 0 Å². The van der Waals surface area contributed by atoms with Crippen molar-refractivity contribution in [2.24, 2.45) is 0 Å². The minimum atomic E-state index is 0.669. The summed E-state index contributed by atoms with van der Waals surface area (Å²) >= 11 is 0. The van der Waals surface area contributed by atoms with Crippen LogP contribution in [0.3, 0.4) is 0 Å². The van der Waals surface area contributed by atoms with Crippen LogP contribution < -0.4 is 0 Å². The maximum absolute atomic E-state index is 2.39. The van der Waals surface area contributed by atoms with E-state index in [0.29, 0.717) is 6.04 Å². The van der Waals surface area contributed by atoms with Crippen LogP contribution in [0.15, 0.2) is 12.2 Å². The van der Waals surface area contributed by atoms with E-state index in [2.05, 4.69) is 44.9 Å². The molecule has 0 fully saturated rings. The van der Waals surface area contributed by atoms with Gasteiger partial charge in [0.15, 0.2) is 0 Å². The van der Waals surface area contributed by atoms with Crippen molar-refractivity contribution >= 4 is 0 Å². The molecule has 0 aliphatic heterocycles. The predicted octanol–water partition coefficient (Wildman–Crippen LogP) is 4.24. The molecule has 0 spiro atoms. The number of hydrogen-bond acceptors (Lipinski definition) is 1. The third kappa shape index (κ3) is 9.99. The zero-order chi connectivity index (χ0) is 11.5. The summed E-state index contributed by atoms with van der Waals surface area (Å²) in [5, 5.41) is 0. The molecule has 0 aliphatic rings. The monoisotopic (exact) mass is 211 g/mol. The van der Waals surface area contributed by atoms with Gasteiger partial charge in [-0.05, 0) is 40.2 Å². The van der Waals surface area contributed by atoms with Crippen molar-refractivity contribution in [1.29, 1.82) is 0 Å². The standard InChI is InChI=1S/C14H29N/c1-5-6-7-8-9-10-11-12-13-15(4)14(2)3/h10-11,14H,5-9,12-13H2,1-4H3. The molecule has 0 amide bonds. The van der Waals surface area contributed by atoms with Gasteiger partial charge in [-0.3, -0.25) is 0 Å². The molecule has 1 heteroatoms. The normalized spacial score (nSPS) is 12.1. The van der Waals surface area contributed by atoms with Crippen molar-refractivity contribution in [2.75, 3.05) is 13.6 Å². The summed E-state index contributed by atoms with van der Waals surface area (Å²) in [6, 6.07) is 0.669. The highest BCUT2D eigenvalue weighted by Gasteiger charge is 1.99. The van der Waals surface area contributed by atoms with Gasteiger partial charge in [-0.15, -0.1) is 0 Å². The van der Waals surface area contributed by atoms with E-state index in [1.165, 1.54) is 45.1 Å². The Morgan fingerprint density at radius 1 is 1.00 bits per heavy atom. The Kier molecular flexibility index (Phi) is 10.0. The highest BCUT2D eigenvalue weighted by atomic mass is 15.1. The van der Waals surface area contributed by atoms with Crippen LogP contribution in [0.2, 0.25) is 0 Å². The number of unbranched alkanes of at least 4 members (excludes halogenated alkanes) is 4. The molecule has 0 N–H and O–H groups in total. The molecule has 90 valence electrons. The lowest BCUT2D eigenvalue weighted by atomic mass is 10.1. The molecule has 0 saturated carbocycles. The lowest BCUT2D eigenvalue weighted by molar-refractivity contribution is 0.279. The third-order valence-electron chi connectivity index (χ3n) is 2.92. The summed E-state index contributed by atoms with van der Waals surface area (Å²) in [4.78, 5) is 2.39. The first-order valence-corrected chi connectivity index (χ1v) is 6.53. The lowest BCUT2D eigenvalue weighted by Crippen LogP contribution is -2.26. The lowest BCUT2D eigenvalue weighted by Gasteiger charge is -2.19. The Morgan fingerprint density at radius 3 is 2.27 bits per heavy atom. The van der Waals surface area contributed by atoms with Gasteiger partial charge in [-0.2, -0.15) is 0 Å². The number of hydrogen-bond donors (Lipinski definition) is 0. The fourth-order valence-corrected chi connectivity index (χ4v) is 1.46. The molecule has 0 rings (SSSR count). The average molecular weight is 211 g/mol. The Balaban J connectivity index is 3.24. The molecule has 1 nitrogen and oxygen atoms in total. The van der Waals surface area contributed by atoms with Gasteiger partial charge in [-0.25, -0.2) is 0 Å². The quantitative estimate of drug-likeness (QED) is 0.407. The number of allylic oxidation sites excluding steroid dienone is 1. The van der Waals surface area contributed by atoms with E-state index in [9.17, 15) is 0 Å². The molecule has 0 bridgehead atoms. The van der Waals surface area contributed by atoms with E-state index >= 15 is 0 Å². The fraction of sp³-hybridized carbons (Fsp3) is 0.857. The van der Waals surface area contributed by atoms with E-state index in [-0.39, 0.29) is 0 Å². The minimum Gasteiger partial charge on any atom is -0.304 e. The average Bonchev–Trinajstić information content (AvgIpc) is 2.21. The maximum atomic E-state index is 2.39. The molecule has 0 aromatic rings. The molecular weight excluding hydrogens is 182 g/mol. The summed E-state index contributed by atoms with van der Waals surface area (Å²) in [5.74, 6) is 0. The molecule has 0 aromatic carbocycles. The molecule has 0 aromatic heterocycles. The van der Waals surface area contributed by atoms with Crippen LogP contribution in [-0.4, -0.2) is 24.5 Å². The second-order valence-corrected chi connectivity index (χ2v) is 4.68. The van der Waals surface area contributed by atoms with Crippen molar-refractivity contribution < 1.29 is 0 Å². The summed E-state index contributed by atoms with van der Waals surface area (Å²) in [5.41, 5.74) is 0. The van der Waals surface area contributed by atoms with Crippen molar-refractivity contribution in [3.05, 3.63) is 12.2 Å². The van der Waals surface area contributed by atoms with Crippen LogP contribution in [-0.2, 0) is 0 Å². The fourth-order valence-electron chi connectivity index (χ4n) is 1.46. The minimum absolute atomic E-state index is 0.669. The van der Waals surface area contributed by atoms with Crippen molar-refractivity contribution in [2.45, 2.75) is 65.3 Å². The molecular formula is C14H29N. The van der Waals surface area contributed by atoms with E-state index < -0.39 is 0 Å². The van der Waals surface area contributed by atoms with Gasteiger partial charge in [0.05, 0.1) is 0 Å². The van der Waals surface area contributed by atoms with Crippen LogP contribution in [0.5, 0.6) is 0 Å². The van der Waals surface area contributed by atoms with Crippen molar-refractivity contribution in [3.63, 3.8) is 0 Å². The Labute approximate surface area is 96.6 Å². The number of rotatable bonds is 9. The van der Waals surface area contributed by atoms with Gasteiger partial charge >= 0.3 is 0 Å². The smallest absolute Gasteiger partial charge is 0.00356 e. The summed E-state index contributed by atoms with van der Waals surface area (Å²) in [6.07, 6.45) is 12.6. The zero-order valence-electron chi connectivity index (χ0n) is 11.1. The largest absolute Gasteiger partial charge is 0.304 e. The molecule has 0 heterocycles. The van der Waals surface area contributed by atoms with Crippen molar-refractivity contribution in [3.8, 4) is 0 Å². The molecule has 0 aliphatic carbocycles. The topological polar surface area (TPSA) is 3.24 Å². The molecule has 0 unspecified atom stereocenters. The Hall–Kier alpha value is -0.300. The van der Waals surface area contributed by atoms with Gasteiger partial charge in [0, 0.05) is 12.6 Å². The first kappa shape index (κ1) is 14.7. The van der Waals surface area contributed by atoms with Crippen LogP contribution in [0.25, 0.3) is 0 Å². The SMILES string of the molecule is CCCCCCC=CCCN(C)C(C)C. The molecule has 0 atom stereocenters. The first-order valence-electron chi connectivity index (χ1n) is 6.53. The van der Waals surface area contributed by atoms with E-state index in [4.69, 9.17) is 0 Å². The first-order chi connectivity index (χ1) is 7.18. The highest BCUT2D eigenvalue weighted by Crippen LogP contribution is 2.03. The molecule has 15 heavy (non-hydrogen) atoms. The second kappa shape index (κ2) is 10.2. The van der Waals surface area contributed by atoms with Crippen LogP contribution >= 0.6 is 0 Å². The third-order valence-corrected chi connectivity index (χ3v) is 2.92. The summed E-state index contributed by atoms with van der Waals surface area (Å²) in [7, 11) is 2.19. The van der Waals surface area contributed by atoms with Crippen LogP contribution in [0, 0.1) is 0 Å². The maximum Gasteiger partial charge on any atom is 0.00356 e. The van der Waals surface area contributed by atoms with Gasteiger partial charge < -0.3 is 4.90 Å². The van der Waals surface area contributed by atoms with E-state index in [0.717, 1.165) is 0 Å².